The van der Waals surface area contributed by atoms with Gasteiger partial charge in [-0.05, 0) is 18.2 Å². The number of fused-ring (bicyclic) bond motifs is 1. The van der Waals surface area contributed by atoms with Gasteiger partial charge in [-0.15, -0.1) is 0 Å². The minimum atomic E-state index is -1.02. The molecular weight excluding hydrogens is 360 g/mol. The fourth-order valence-electron chi connectivity index (χ4n) is 3.24. The van der Waals surface area contributed by atoms with Crippen LogP contribution in [0.5, 0.6) is 0 Å². The first-order chi connectivity index (χ1) is 13.5. The Kier molecular flexibility index (Phi) is 4.56. The lowest BCUT2D eigenvalue weighted by Crippen LogP contribution is -2.28. The molecule has 9 nitrogen and oxygen atoms in total. The molecule has 1 aromatic carbocycles. The monoisotopic (exact) mass is 378 g/mol. The predicted octanol–water partition coefficient (Wildman–Crippen LogP) is 1.91. The maximum absolute atomic E-state index is 12.7. The molecule has 142 valence electrons. The van der Waals surface area contributed by atoms with E-state index in [1.54, 1.807) is 24.1 Å². The Morgan fingerprint density at radius 2 is 1.96 bits per heavy atom. The Hall–Kier alpha value is -3.62. The van der Waals surface area contributed by atoms with Gasteiger partial charge in [0.25, 0.3) is 0 Å². The summed E-state index contributed by atoms with van der Waals surface area (Å²) in [6.07, 6.45) is 3.38. The molecule has 2 aromatic heterocycles. The van der Waals surface area contributed by atoms with E-state index in [1.807, 2.05) is 30.3 Å². The highest BCUT2D eigenvalue weighted by molar-refractivity contribution is 6.02. The van der Waals surface area contributed by atoms with Crippen molar-refractivity contribution < 1.29 is 14.7 Å². The molecule has 0 aliphatic carbocycles. The van der Waals surface area contributed by atoms with E-state index in [-0.39, 0.29) is 18.7 Å². The van der Waals surface area contributed by atoms with E-state index >= 15 is 0 Å². The number of aryl methyl sites for hydroxylation is 1. The number of hydrazone groups is 1. The maximum Gasteiger partial charge on any atom is 0.303 e. The van der Waals surface area contributed by atoms with Crippen molar-refractivity contribution in [2.24, 2.45) is 12.1 Å². The van der Waals surface area contributed by atoms with Crippen LogP contribution in [-0.2, 0) is 16.6 Å². The van der Waals surface area contributed by atoms with Crippen LogP contribution in [0.15, 0.2) is 47.8 Å². The summed E-state index contributed by atoms with van der Waals surface area (Å²) < 4.78 is 1.69. The third kappa shape index (κ3) is 3.34. The molecule has 0 bridgehead atoms. The first-order valence-electron chi connectivity index (χ1n) is 8.84. The van der Waals surface area contributed by atoms with Crippen LogP contribution in [0.2, 0.25) is 0 Å². The fraction of sp³-hybridized carbons (Fsp3) is 0.263. The second-order valence-electron chi connectivity index (χ2n) is 6.52. The van der Waals surface area contributed by atoms with Gasteiger partial charge in [0, 0.05) is 26.1 Å². The molecule has 0 saturated carbocycles. The van der Waals surface area contributed by atoms with Crippen molar-refractivity contribution >= 4 is 28.6 Å². The van der Waals surface area contributed by atoms with E-state index in [9.17, 15) is 9.59 Å². The second kappa shape index (κ2) is 7.18. The Balaban J connectivity index is 1.69. The lowest BCUT2D eigenvalue weighted by Gasteiger charge is -2.21. The Morgan fingerprint density at radius 1 is 1.18 bits per heavy atom. The average Bonchev–Trinajstić information content (AvgIpc) is 3.32. The minimum Gasteiger partial charge on any atom is -0.481 e. The van der Waals surface area contributed by atoms with E-state index < -0.39 is 12.0 Å². The Bertz CT molecular complexity index is 1090. The molecule has 4 rings (SSSR count). The maximum atomic E-state index is 12.7. The van der Waals surface area contributed by atoms with Gasteiger partial charge >= 0.3 is 5.97 Å². The van der Waals surface area contributed by atoms with E-state index in [1.165, 1.54) is 5.01 Å². The highest BCUT2D eigenvalue weighted by atomic mass is 16.4. The summed E-state index contributed by atoms with van der Waals surface area (Å²) in [5, 5.41) is 18.9. The molecular formula is C19H18N6O3. The molecule has 3 aromatic rings. The molecule has 1 amide bonds. The number of carbonyl (C=O) groups is 2. The first-order valence-corrected chi connectivity index (χ1v) is 8.84. The van der Waals surface area contributed by atoms with Gasteiger partial charge in [0.15, 0.2) is 0 Å². The number of aliphatic carboxylic acids is 1. The predicted molar refractivity (Wildman–Crippen MR) is 100 cm³/mol. The molecule has 0 radical (unpaired) electrons. The Morgan fingerprint density at radius 3 is 2.68 bits per heavy atom. The van der Waals surface area contributed by atoms with Crippen LogP contribution in [0.25, 0.3) is 11.0 Å². The third-order valence-corrected chi connectivity index (χ3v) is 4.64. The van der Waals surface area contributed by atoms with Gasteiger partial charge in [-0.2, -0.15) is 10.2 Å². The number of aromatic nitrogens is 4. The first kappa shape index (κ1) is 17.8. The topological polar surface area (TPSA) is 114 Å². The van der Waals surface area contributed by atoms with E-state index in [0.29, 0.717) is 17.8 Å². The highest BCUT2D eigenvalue weighted by Gasteiger charge is 2.35. The summed E-state index contributed by atoms with van der Waals surface area (Å²) >= 11 is 0. The van der Waals surface area contributed by atoms with Crippen molar-refractivity contribution in [3.63, 3.8) is 0 Å². The molecule has 1 atom stereocenters. The number of para-hydroxylation sites is 2. The second-order valence-corrected chi connectivity index (χ2v) is 6.52. The van der Waals surface area contributed by atoms with Gasteiger partial charge in [-0.3, -0.25) is 19.3 Å². The standard InChI is InChI=1S/C19H18N6O3/c1-24-16(8-9-21-24)14-10-17(25(23-14)18(26)6-7-19(27)28)15-11-20-12-4-2-3-5-13(12)22-15/h2-5,8-9,11,17H,6-7,10H2,1H3,(H,27,28)/t17-/m1/s1. The normalized spacial score (nSPS) is 16.4. The minimum absolute atomic E-state index is 0.130. The molecule has 1 aliphatic rings. The van der Waals surface area contributed by atoms with Crippen LogP contribution in [-0.4, -0.2) is 47.5 Å². The van der Waals surface area contributed by atoms with Gasteiger partial charge < -0.3 is 5.11 Å². The van der Waals surface area contributed by atoms with Crippen LogP contribution in [0.3, 0.4) is 0 Å². The van der Waals surface area contributed by atoms with Crippen molar-refractivity contribution in [2.45, 2.75) is 25.3 Å². The molecule has 0 saturated heterocycles. The van der Waals surface area contributed by atoms with Gasteiger partial charge in [0.1, 0.15) is 6.04 Å². The number of hydrogen-bond donors (Lipinski definition) is 1. The summed E-state index contributed by atoms with van der Waals surface area (Å²) in [6.45, 7) is 0. The summed E-state index contributed by atoms with van der Waals surface area (Å²) in [7, 11) is 1.80. The molecule has 3 heterocycles. The zero-order valence-corrected chi connectivity index (χ0v) is 15.2. The van der Waals surface area contributed by atoms with Crippen molar-refractivity contribution in [3.05, 3.63) is 54.1 Å². The van der Waals surface area contributed by atoms with Gasteiger partial charge in [0.2, 0.25) is 5.91 Å². The number of hydrogen-bond acceptors (Lipinski definition) is 6. The molecule has 0 fully saturated rings. The highest BCUT2D eigenvalue weighted by Crippen LogP contribution is 2.32. The van der Waals surface area contributed by atoms with Crippen molar-refractivity contribution in [1.82, 2.24) is 24.8 Å². The molecule has 28 heavy (non-hydrogen) atoms. The number of amides is 1. The summed E-state index contributed by atoms with van der Waals surface area (Å²) in [5.74, 6) is -1.38. The molecule has 0 unspecified atom stereocenters. The van der Waals surface area contributed by atoms with Gasteiger partial charge in [0.05, 0.1) is 40.8 Å². The molecule has 1 N–H and O–H groups in total. The van der Waals surface area contributed by atoms with Gasteiger partial charge in [-0.1, -0.05) is 12.1 Å². The van der Waals surface area contributed by atoms with E-state index in [0.717, 1.165) is 16.7 Å². The van der Waals surface area contributed by atoms with E-state index in [2.05, 4.69) is 20.2 Å². The van der Waals surface area contributed by atoms with Crippen molar-refractivity contribution in [2.75, 3.05) is 0 Å². The smallest absolute Gasteiger partial charge is 0.303 e. The molecule has 0 spiro atoms. The quantitative estimate of drug-likeness (QED) is 0.725. The van der Waals surface area contributed by atoms with E-state index in [4.69, 9.17) is 5.11 Å². The zero-order chi connectivity index (χ0) is 19.7. The number of carbonyl (C=O) groups excluding carboxylic acids is 1. The van der Waals surface area contributed by atoms with Crippen LogP contribution in [0.4, 0.5) is 0 Å². The van der Waals surface area contributed by atoms with Crippen LogP contribution in [0.1, 0.15) is 36.7 Å². The Labute approximate surface area is 160 Å². The lowest BCUT2D eigenvalue weighted by molar-refractivity contribution is -0.141. The van der Waals surface area contributed by atoms with Gasteiger partial charge in [-0.25, -0.2) is 9.99 Å². The van der Waals surface area contributed by atoms with Crippen molar-refractivity contribution in [1.29, 1.82) is 0 Å². The summed E-state index contributed by atoms with van der Waals surface area (Å²) in [5.41, 5.74) is 3.60. The number of benzene rings is 1. The third-order valence-electron chi connectivity index (χ3n) is 4.64. The van der Waals surface area contributed by atoms with Crippen LogP contribution < -0.4 is 0 Å². The summed E-state index contributed by atoms with van der Waals surface area (Å²) in [6, 6.07) is 8.88. The average molecular weight is 378 g/mol. The van der Waals surface area contributed by atoms with Crippen molar-refractivity contribution in [3.8, 4) is 0 Å². The number of rotatable bonds is 5. The fourth-order valence-corrected chi connectivity index (χ4v) is 3.24. The summed E-state index contributed by atoms with van der Waals surface area (Å²) in [4.78, 5) is 32.6. The number of carboxylic acid groups (broad SMARTS) is 1. The van der Waals surface area contributed by atoms with Crippen LogP contribution >= 0.6 is 0 Å². The largest absolute Gasteiger partial charge is 0.481 e. The molecule has 9 heteroatoms. The number of carboxylic acids is 1. The lowest BCUT2D eigenvalue weighted by atomic mass is 10.1. The number of nitrogens with zero attached hydrogens (tertiary/aromatic N) is 6. The van der Waals surface area contributed by atoms with Crippen LogP contribution in [0, 0.1) is 0 Å². The molecule has 1 aliphatic heterocycles. The zero-order valence-electron chi connectivity index (χ0n) is 15.2. The SMILES string of the molecule is Cn1nccc1C1=NN(C(=O)CCC(=O)O)[C@@H](c2cnc3ccccc3n2)C1.